The molecule has 0 amide bonds. The number of halogens is 1. The third kappa shape index (κ3) is 4.87. The van der Waals surface area contributed by atoms with Gasteiger partial charge < -0.3 is 5.32 Å². The lowest BCUT2D eigenvalue weighted by Crippen LogP contribution is -2.31. The minimum Gasteiger partial charge on any atom is -0.316 e. The van der Waals surface area contributed by atoms with Crippen LogP contribution in [0.3, 0.4) is 0 Å². The molecule has 0 bridgehead atoms. The summed E-state index contributed by atoms with van der Waals surface area (Å²) < 4.78 is 3.23. The summed E-state index contributed by atoms with van der Waals surface area (Å²) in [6.45, 7) is 5.12. The van der Waals surface area contributed by atoms with Crippen molar-refractivity contribution in [1.82, 2.24) is 15.1 Å². The van der Waals surface area contributed by atoms with Crippen molar-refractivity contribution in [2.24, 2.45) is 0 Å². The number of benzene rings is 1. The highest BCUT2D eigenvalue weighted by molar-refractivity contribution is 9.10. The molecule has 0 saturated carbocycles. The van der Waals surface area contributed by atoms with E-state index in [9.17, 15) is 0 Å². The second kappa shape index (κ2) is 8.01. The molecule has 1 N–H and O–H groups in total. The zero-order chi connectivity index (χ0) is 15.2. The smallest absolute Gasteiger partial charge is 0.0596 e. The summed E-state index contributed by atoms with van der Waals surface area (Å²) in [6, 6.07) is 11.1. The molecule has 0 aliphatic heterocycles. The zero-order valence-electron chi connectivity index (χ0n) is 12.8. The Morgan fingerprint density at radius 1 is 1.38 bits per heavy atom. The number of thioether (sulfide) groups is 1. The van der Waals surface area contributed by atoms with E-state index in [4.69, 9.17) is 0 Å². The van der Waals surface area contributed by atoms with Gasteiger partial charge in [-0.05, 0) is 45.2 Å². The van der Waals surface area contributed by atoms with Crippen LogP contribution < -0.4 is 5.32 Å². The van der Waals surface area contributed by atoms with E-state index in [-0.39, 0.29) is 0 Å². The number of hydrogen-bond donors (Lipinski definition) is 1. The molecule has 2 aromatic rings. The Labute approximate surface area is 139 Å². The van der Waals surface area contributed by atoms with Crippen molar-refractivity contribution < 1.29 is 0 Å². The SMILES string of the molecule is CCn1nc(C)cc1CC(CSc1cccc(Br)c1)NC. The Morgan fingerprint density at radius 3 is 2.86 bits per heavy atom. The fourth-order valence-corrected chi connectivity index (χ4v) is 3.90. The van der Waals surface area contributed by atoms with Crippen LogP contribution in [0.25, 0.3) is 0 Å². The van der Waals surface area contributed by atoms with Crippen LogP contribution in [-0.2, 0) is 13.0 Å². The van der Waals surface area contributed by atoms with Crippen LogP contribution in [-0.4, -0.2) is 28.6 Å². The molecule has 2 rings (SSSR count). The van der Waals surface area contributed by atoms with Gasteiger partial charge in [0.05, 0.1) is 5.69 Å². The Morgan fingerprint density at radius 2 is 2.19 bits per heavy atom. The number of hydrogen-bond acceptors (Lipinski definition) is 3. The van der Waals surface area contributed by atoms with Crippen molar-refractivity contribution >= 4 is 27.7 Å². The van der Waals surface area contributed by atoms with Crippen LogP contribution in [0.4, 0.5) is 0 Å². The third-order valence-electron chi connectivity index (χ3n) is 3.40. The molecule has 1 heterocycles. The first kappa shape index (κ1) is 16.6. The van der Waals surface area contributed by atoms with E-state index >= 15 is 0 Å². The molecule has 1 unspecified atom stereocenters. The van der Waals surface area contributed by atoms with Gasteiger partial charge in [-0.3, -0.25) is 4.68 Å². The summed E-state index contributed by atoms with van der Waals surface area (Å²) in [5, 5.41) is 7.94. The number of rotatable bonds is 7. The van der Waals surface area contributed by atoms with Gasteiger partial charge in [-0.15, -0.1) is 11.8 Å². The van der Waals surface area contributed by atoms with Crippen LogP contribution in [0.15, 0.2) is 39.7 Å². The lowest BCUT2D eigenvalue weighted by molar-refractivity contribution is 0.556. The second-order valence-corrected chi connectivity index (χ2v) is 7.06. The molecule has 1 atom stereocenters. The molecular formula is C16H22BrN3S. The Kier molecular flexibility index (Phi) is 6.33. The highest BCUT2D eigenvalue weighted by Gasteiger charge is 2.12. The summed E-state index contributed by atoms with van der Waals surface area (Å²) in [6.07, 6.45) is 1.01. The van der Waals surface area contributed by atoms with Crippen molar-refractivity contribution in [3.63, 3.8) is 0 Å². The van der Waals surface area contributed by atoms with Crippen LogP contribution in [0, 0.1) is 6.92 Å². The molecule has 0 radical (unpaired) electrons. The Hall–Kier alpha value is -0.780. The van der Waals surface area contributed by atoms with Gasteiger partial charge in [-0.25, -0.2) is 0 Å². The topological polar surface area (TPSA) is 29.9 Å². The number of likely N-dealkylation sites (N-methyl/N-ethyl adjacent to an activating group) is 1. The molecule has 3 nitrogen and oxygen atoms in total. The van der Waals surface area contributed by atoms with E-state index in [0.717, 1.165) is 28.9 Å². The van der Waals surface area contributed by atoms with Gasteiger partial charge in [0.25, 0.3) is 0 Å². The maximum absolute atomic E-state index is 4.52. The van der Waals surface area contributed by atoms with Crippen molar-refractivity contribution in [3.05, 3.63) is 46.2 Å². The normalized spacial score (nSPS) is 12.6. The first-order valence-electron chi connectivity index (χ1n) is 7.21. The largest absolute Gasteiger partial charge is 0.316 e. The van der Waals surface area contributed by atoms with Gasteiger partial charge in [0.1, 0.15) is 0 Å². The number of nitrogens with one attached hydrogen (secondary N) is 1. The van der Waals surface area contributed by atoms with Crippen LogP contribution in [0.5, 0.6) is 0 Å². The summed E-state index contributed by atoms with van der Waals surface area (Å²) in [5.41, 5.74) is 2.41. The van der Waals surface area contributed by atoms with Gasteiger partial charge in [-0.2, -0.15) is 5.10 Å². The van der Waals surface area contributed by atoms with Crippen LogP contribution in [0.2, 0.25) is 0 Å². The van der Waals surface area contributed by atoms with Gasteiger partial charge in [0, 0.05) is 39.8 Å². The summed E-state index contributed by atoms with van der Waals surface area (Å²) in [7, 11) is 2.03. The fraction of sp³-hybridized carbons (Fsp3) is 0.438. The molecule has 5 heteroatoms. The number of aromatic nitrogens is 2. The van der Waals surface area contributed by atoms with Crippen LogP contribution >= 0.6 is 27.7 Å². The molecule has 114 valence electrons. The maximum atomic E-state index is 4.52. The summed E-state index contributed by atoms with van der Waals surface area (Å²) in [5.74, 6) is 1.04. The quantitative estimate of drug-likeness (QED) is 0.752. The molecule has 0 aliphatic rings. The van der Waals surface area contributed by atoms with E-state index in [1.54, 1.807) is 0 Å². The molecule has 1 aromatic carbocycles. The minimum atomic E-state index is 0.440. The van der Waals surface area contributed by atoms with E-state index in [0.29, 0.717) is 6.04 Å². The van der Waals surface area contributed by atoms with Crippen molar-refractivity contribution in [2.45, 2.75) is 37.8 Å². The molecule has 1 aromatic heterocycles. The Bertz CT molecular complexity index is 583. The van der Waals surface area contributed by atoms with Gasteiger partial charge in [-0.1, -0.05) is 22.0 Å². The monoisotopic (exact) mass is 367 g/mol. The molecule has 0 spiro atoms. The lowest BCUT2D eigenvalue weighted by Gasteiger charge is -2.16. The average Bonchev–Trinajstić information content (AvgIpc) is 2.83. The maximum Gasteiger partial charge on any atom is 0.0596 e. The molecule has 21 heavy (non-hydrogen) atoms. The average molecular weight is 368 g/mol. The third-order valence-corrected chi connectivity index (χ3v) is 5.05. The predicted molar refractivity (Wildman–Crippen MR) is 94.1 cm³/mol. The lowest BCUT2D eigenvalue weighted by atomic mass is 10.2. The number of aryl methyl sites for hydroxylation is 2. The fourth-order valence-electron chi connectivity index (χ4n) is 2.29. The Balaban J connectivity index is 1.96. The minimum absolute atomic E-state index is 0.440. The summed E-state index contributed by atoms with van der Waals surface area (Å²) in [4.78, 5) is 1.30. The van der Waals surface area contributed by atoms with E-state index in [2.05, 4.69) is 75.2 Å². The van der Waals surface area contributed by atoms with Crippen molar-refractivity contribution in [3.8, 4) is 0 Å². The van der Waals surface area contributed by atoms with E-state index in [1.807, 2.05) is 18.8 Å². The van der Waals surface area contributed by atoms with E-state index < -0.39 is 0 Å². The predicted octanol–water partition coefficient (Wildman–Crippen LogP) is 3.90. The van der Waals surface area contributed by atoms with Crippen LogP contribution in [0.1, 0.15) is 18.3 Å². The molecule has 0 fully saturated rings. The summed E-state index contributed by atoms with van der Waals surface area (Å²) >= 11 is 5.41. The van der Waals surface area contributed by atoms with Gasteiger partial charge in [0.2, 0.25) is 0 Å². The van der Waals surface area contributed by atoms with Crippen molar-refractivity contribution in [1.29, 1.82) is 0 Å². The van der Waals surface area contributed by atoms with Gasteiger partial charge >= 0.3 is 0 Å². The number of nitrogens with zero attached hydrogens (tertiary/aromatic N) is 2. The standard InChI is InChI=1S/C16H22BrN3S/c1-4-20-15(8-12(2)19-20)10-14(18-3)11-21-16-7-5-6-13(17)9-16/h5-9,14,18H,4,10-11H2,1-3H3. The van der Waals surface area contributed by atoms with Crippen molar-refractivity contribution in [2.75, 3.05) is 12.8 Å². The second-order valence-electron chi connectivity index (χ2n) is 5.05. The molecule has 0 aliphatic carbocycles. The molecular weight excluding hydrogens is 346 g/mol. The molecule has 0 saturated heterocycles. The first-order chi connectivity index (χ1) is 10.1. The zero-order valence-corrected chi connectivity index (χ0v) is 15.2. The van der Waals surface area contributed by atoms with E-state index in [1.165, 1.54) is 10.6 Å². The van der Waals surface area contributed by atoms with Gasteiger partial charge in [0.15, 0.2) is 0 Å². The first-order valence-corrected chi connectivity index (χ1v) is 8.99. The highest BCUT2D eigenvalue weighted by atomic mass is 79.9. The highest BCUT2D eigenvalue weighted by Crippen LogP contribution is 2.23.